The molecule has 8 heteroatoms. The van der Waals surface area contributed by atoms with E-state index in [9.17, 15) is 9.18 Å². The van der Waals surface area contributed by atoms with Crippen LogP contribution in [0.4, 0.5) is 4.39 Å². The number of benzene rings is 3. The molecule has 4 rings (SSSR count). The van der Waals surface area contributed by atoms with Gasteiger partial charge < -0.3 is 14.0 Å². The highest BCUT2D eigenvalue weighted by molar-refractivity contribution is 9.10. The molecule has 0 atom stereocenters. The van der Waals surface area contributed by atoms with Crippen LogP contribution >= 0.6 is 27.7 Å². The number of ether oxygens (including phenoxy) is 2. The third-order valence-corrected chi connectivity index (χ3v) is 6.90. The number of aromatic nitrogens is 2. The lowest BCUT2D eigenvalue weighted by Gasteiger charge is -2.10. The molecule has 176 valence electrons. The van der Waals surface area contributed by atoms with Gasteiger partial charge in [0.1, 0.15) is 11.6 Å². The molecule has 34 heavy (non-hydrogen) atoms. The number of carbonyl (C=O) groups is 1. The molecule has 0 aliphatic carbocycles. The Labute approximate surface area is 210 Å². The number of aryl methyl sites for hydroxylation is 2. The van der Waals surface area contributed by atoms with Gasteiger partial charge in [0.25, 0.3) is 0 Å². The van der Waals surface area contributed by atoms with Crippen LogP contribution in [0.5, 0.6) is 5.75 Å². The van der Waals surface area contributed by atoms with Gasteiger partial charge in [0, 0.05) is 16.8 Å². The summed E-state index contributed by atoms with van der Waals surface area (Å²) in [7, 11) is 1.65. The van der Waals surface area contributed by atoms with E-state index >= 15 is 0 Å². The number of rotatable bonds is 9. The normalized spacial score (nSPS) is 11.1. The van der Waals surface area contributed by atoms with E-state index in [1.807, 2.05) is 36.4 Å². The van der Waals surface area contributed by atoms with E-state index in [1.165, 1.54) is 23.4 Å². The monoisotopic (exact) mass is 542 g/mol. The Kier molecular flexibility index (Phi) is 7.90. The Bertz CT molecular complexity index is 1310. The van der Waals surface area contributed by atoms with E-state index < -0.39 is 0 Å². The molecule has 0 saturated carbocycles. The molecule has 5 nitrogen and oxygen atoms in total. The summed E-state index contributed by atoms with van der Waals surface area (Å²) in [6.45, 7) is 2.78. The van der Waals surface area contributed by atoms with Crippen LogP contribution in [0.3, 0.4) is 0 Å². The Balaban J connectivity index is 1.63. The molecule has 3 aromatic carbocycles. The summed E-state index contributed by atoms with van der Waals surface area (Å²) >= 11 is 4.77. The maximum absolute atomic E-state index is 14.4. The van der Waals surface area contributed by atoms with Gasteiger partial charge in [0.15, 0.2) is 5.16 Å². The molecule has 0 N–H and O–H groups in total. The van der Waals surface area contributed by atoms with Crippen LogP contribution in [-0.4, -0.2) is 29.2 Å². The van der Waals surface area contributed by atoms with Crippen molar-refractivity contribution in [2.45, 2.75) is 30.8 Å². The van der Waals surface area contributed by atoms with Crippen molar-refractivity contribution in [1.29, 1.82) is 0 Å². The second-order valence-electron chi connectivity index (χ2n) is 7.59. The van der Waals surface area contributed by atoms with E-state index in [0.717, 1.165) is 22.8 Å². The molecule has 0 unspecified atom stereocenters. The second kappa shape index (κ2) is 11.1. The molecule has 1 heterocycles. The Morgan fingerprint density at radius 3 is 2.62 bits per heavy atom. The van der Waals surface area contributed by atoms with Gasteiger partial charge in [-0.05, 0) is 66.9 Å². The van der Waals surface area contributed by atoms with E-state index in [-0.39, 0.29) is 11.8 Å². The number of imidazole rings is 1. The number of fused-ring (bicyclic) bond motifs is 1. The fourth-order valence-electron chi connectivity index (χ4n) is 3.59. The highest BCUT2D eigenvalue weighted by Crippen LogP contribution is 2.29. The van der Waals surface area contributed by atoms with E-state index in [1.54, 1.807) is 32.2 Å². The lowest BCUT2D eigenvalue weighted by Crippen LogP contribution is -2.05. The lowest BCUT2D eigenvalue weighted by atomic mass is 10.1. The summed E-state index contributed by atoms with van der Waals surface area (Å²) < 4.78 is 27.6. The summed E-state index contributed by atoms with van der Waals surface area (Å²) in [5, 5.41) is 0.770. The fourth-order valence-corrected chi connectivity index (χ4v) is 4.95. The molecule has 0 amide bonds. The fraction of sp³-hybridized carbons (Fsp3) is 0.231. The van der Waals surface area contributed by atoms with Gasteiger partial charge in [-0.3, -0.25) is 0 Å². The molecule has 0 saturated heterocycles. The van der Waals surface area contributed by atoms with E-state index in [0.29, 0.717) is 40.0 Å². The van der Waals surface area contributed by atoms with Crippen molar-refractivity contribution < 1.29 is 18.7 Å². The summed E-state index contributed by atoms with van der Waals surface area (Å²) in [4.78, 5) is 17.0. The zero-order chi connectivity index (χ0) is 24.1. The van der Waals surface area contributed by atoms with Gasteiger partial charge in [0.2, 0.25) is 0 Å². The number of nitrogens with zero attached hydrogens (tertiary/aromatic N) is 2. The highest BCUT2D eigenvalue weighted by atomic mass is 79.9. The van der Waals surface area contributed by atoms with Crippen LogP contribution in [0.15, 0.2) is 70.3 Å². The molecule has 0 aliphatic heterocycles. The first-order valence-corrected chi connectivity index (χ1v) is 12.6. The molecule has 1 aromatic heterocycles. The number of thioether (sulfide) groups is 1. The predicted octanol–water partition coefficient (Wildman–Crippen LogP) is 6.66. The average Bonchev–Trinajstić information content (AvgIpc) is 3.19. The first kappa shape index (κ1) is 24.3. The van der Waals surface area contributed by atoms with Crippen molar-refractivity contribution in [3.05, 3.63) is 87.6 Å². The third-order valence-electron chi connectivity index (χ3n) is 5.38. The predicted molar refractivity (Wildman–Crippen MR) is 136 cm³/mol. The van der Waals surface area contributed by atoms with Crippen LogP contribution in [0.1, 0.15) is 28.4 Å². The first-order valence-electron chi connectivity index (χ1n) is 10.9. The van der Waals surface area contributed by atoms with Gasteiger partial charge in [-0.2, -0.15) is 0 Å². The number of carbonyl (C=O) groups excluding carboxylic acids is 1. The average molecular weight is 543 g/mol. The van der Waals surface area contributed by atoms with Gasteiger partial charge in [-0.1, -0.05) is 45.9 Å². The number of hydrogen-bond acceptors (Lipinski definition) is 5. The van der Waals surface area contributed by atoms with Crippen molar-refractivity contribution >= 4 is 44.7 Å². The molecular weight excluding hydrogens is 519 g/mol. The minimum absolute atomic E-state index is 0.257. The zero-order valence-electron chi connectivity index (χ0n) is 18.9. The molecule has 0 fully saturated rings. The third kappa shape index (κ3) is 5.62. The van der Waals surface area contributed by atoms with Crippen molar-refractivity contribution in [3.63, 3.8) is 0 Å². The van der Waals surface area contributed by atoms with E-state index in [4.69, 9.17) is 14.5 Å². The molecule has 0 bridgehead atoms. The smallest absolute Gasteiger partial charge is 0.338 e. The Hall–Kier alpha value is -2.84. The number of methoxy groups -OCH3 is 1. The number of halogens is 2. The van der Waals surface area contributed by atoms with Gasteiger partial charge >= 0.3 is 5.97 Å². The minimum atomic E-state index is -0.372. The maximum Gasteiger partial charge on any atom is 0.338 e. The summed E-state index contributed by atoms with van der Waals surface area (Å²) in [6.07, 6.45) is 0.787. The number of hydrogen-bond donors (Lipinski definition) is 0. The van der Waals surface area contributed by atoms with Crippen LogP contribution in [0.25, 0.3) is 11.0 Å². The first-order chi connectivity index (χ1) is 16.5. The molecule has 4 aromatic rings. The molecular formula is C26H24BrFN2O3S. The van der Waals surface area contributed by atoms with Crippen LogP contribution in [-0.2, 0) is 23.5 Å². The van der Waals surface area contributed by atoms with Gasteiger partial charge in [-0.15, -0.1) is 0 Å². The SMILES string of the molecule is CCOC(=O)c1ccc2c(c1)nc(SCc1ccc(Br)cc1F)n2CCc1ccc(OC)cc1. The standard InChI is InChI=1S/C26H24BrFN2O3S/c1-3-33-25(31)18-7-11-24-23(14-18)29-26(34-16-19-6-8-20(27)15-22(19)28)30(24)13-12-17-4-9-21(32-2)10-5-17/h4-11,14-15H,3,12-13,16H2,1-2H3. The molecule has 0 spiro atoms. The van der Waals surface area contributed by atoms with Crippen molar-refractivity contribution in [3.8, 4) is 5.75 Å². The molecule has 0 aliphatic rings. The Morgan fingerprint density at radius 1 is 1.12 bits per heavy atom. The van der Waals surface area contributed by atoms with Crippen LogP contribution < -0.4 is 4.74 Å². The topological polar surface area (TPSA) is 53.3 Å². The lowest BCUT2D eigenvalue weighted by molar-refractivity contribution is 0.0526. The largest absolute Gasteiger partial charge is 0.497 e. The van der Waals surface area contributed by atoms with Crippen LogP contribution in [0, 0.1) is 5.82 Å². The van der Waals surface area contributed by atoms with Gasteiger partial charge in [0.05, 0.1) is 30.3 Å². The van der Waals surface area contributed by atoms with Crippen molar-refractivity contribution in [2.24, 2.45) is 0 Å². The van der Waals surface area contributed by atoms with E-state index in [2.05, 4.69) is 20.5 Å². The second-order valence-corrected chi connectivity index (χ2v) is 9.45. The Morgan fingerprint density at radius 2 is 1.91 bits per heavy atom. The minimum Gasteiger partial charge on any atom is -0.497 e. The zero-order valence-corrected chi connectivity index (χ0v) is 21.3. The quantitative estimate of drug-likeness (QED) is 0.175. The maximum atomic E-state index is 14.4. The van der Waals surface area contributed by atoms with Crippen LogP contribution in [0.2, 0.25) is 0 Å². The van der Waals surface area contributed by atoms with Crippen molar-refractivity contribution in [1.82, 2.24) is 9.55 Å². The number of esters is 1. The summed E-state index contributed by atoms with van der Waals surface area (Å²) in [5.41, 5.74) is 3.86. The summed E-state index contributed by atoms with van der Waals surface area (Å²) in [5.74, 6) is 0.627. The van der Waals surface area contributed by atoms with Gasteiger partial charge in [-0.25, -0.2) is 14.2 Å². The molecule has 0 radical (unpaired) electrons. The summed E-state index contributed by atoms with van der Waals surface area (Å²) in [6, 6.07) is 18.4. The highest BCUT2D eigenvalue weighted by Gasteiger charge is 2.16. The van der Waals surface area contributed by atoms with Crippen molar-refractivity contribution in [2.75, 3.05) is 13.7 Å².